The molecule has 11 nitrogen and oxygen atoms in total. The van der Waals surface area contributed by atoms with E-state index in [1.165, 1.54) is 0 Å². The van der Waals surface area contributed by atoms with Crippen LogP contribution in [0.15, 0.2) is 54.6 Å². The van der Waals surface area contributed by atoms with Crippen molar-refractivity contribution in [3.05, 3.63) is 65.7 Å². The SMILES string of the molecule is CNC(C)C(=O)NC1COc2ccccc2N(Cc2c(OC)ccc3cc(C(=O)NCCC(=O)O)ccc23)C1=O. The van der Waals surface area contributed by atoms with Crippen molar-refractivity contribution in [3.63, 3.8) is 0 Å². The number of carboxylic acid groups (broad SMARTS) is 1. The second-order valence-corrected chi connectivity index (χ2v) is 9.36. The van der Waals surface area contributed by atoms with Gasteiger partial charge in [0, 0.05) is 17.7 Å². The number of ether oxygens (including phenoxy) is 2. The molecule has 3 amide bonds. The van der Waals surface area contributed by atoms with Gasteiger partial charge in [0.15, 0.2) is 0 Å². The summed E-state index contributed by atoms with van der Waals surface area (Å²) in [6.07, 6.45) is -0.176. The fourth-order valence-electron chi connectivity index (χ4n) is 4.46. The van der Waals surface area contributed by atoms with E-state index in [4.69, 9.17) is 14.6 Å². The molecular weight excluding hydrogens is 516 g/mol. The zero-order valence-corrected chi connectivity index (χ0v) is 22.5. The highest BCUT2D eigenvalue weighted by Crippen LogP contribution is 2.36. The fourth-order valence-corrected chi connectivity index (χ4v) is 4.46. The Hall–Kier alpha value is -4.64. The van der Waals surface area contributed by atoms with Crippen molar-refractivity contribution < 1.29 is 33.8 Å². The van der Waals surface area contributed by atoms with Crippen LogP contribution in [0.25, 0.3) is 10.8 Å². The second kappa shape index (κ2) is 12.5. The van der Waals surface area contributed by atoms with Crippen LogP contribution in [0.4, 0.5) is 5.69 Å². The third-order valence-electron chi connectivity index (χ3n) is 6.78. The van der Waals surface area contributed by atoms with E-state index in [0.717, 1.165) is 10.8 Å². The number of hydrogen-bond donors (Lipinski definition) is 4. The Morgan fingerprint density at radius 1 is 1.15 bits per heavy atom. The molecule has 210 valence electrons. The lowest BCUT2D eigenvalue weighted by Gasteiger charge is -2.27. The summed E-state index contributed by atoms with van der Waals surface area (Å²) in [5, 5.41) is 18.6. The van der Waals surface area contributed by atoms with Crippen molar-refractivity contribution in [2.24, 2.45) is 0 Å². The first-order valence-electron chi connectivity index (χ1n) is 12.8. The number of para-hydroxylation sites is 2. The lowest BCUT2D eigenvalue weighted by atomic mass is 9.99. The van der Waals surface area contributed by atoms with Gasteiger partial charge in [-0.05, 0) is 55.1 Å². The van der Waals surface area contributed by atoms with Crippen molar-refractivity contribution in [1.82, 2.24) is 16.0 Å². The molecule has 40 heavy (non-hydrogen) atoms. The molecule has 0 spiro atoms. The number of nitrogens with zero attached hydrogens (tertiary/aromatic N) is 1. The smallest absolute Gasteiger partial charge is 0.305 e. The first-order valence-corrected chi connectivity index (χ1v) is 12.8. The molecule has 4 N–H and O–H groups in total. The van der Waals surface area contributed by atoms with Crippen LogP contribution in [-0.4, -0.2) is 68.2 Å². The number of aliphatic carboxylic acids is 1. The summed E-state index contributed by atoms with van der Waals surface area (Å²) in [7, 11) is 3.20. The number of amides is 3. The molecule has 11 heteroatoms. The Balaban J connectivity index is 1.70. The van der Waals surface area contributed by atoms with Gasteiger partial charge in [0.05, 0.1) is 31.8 Å². The van der Waals surface area contributed by atoms with Gasteiger partial charge in [-0.3, -0.25) is 19.2 Å². The number of benzene rings is 3. The summed E-state index contributed by atoms with van der Waals surface area (Å²) >= 11 is 0. The topological polar surface area (TPSA) is 146 Å². The summed E-state index contributed by atoms with van der Waals surface area (Å²) in [5.74, 6) is -0.991. The van der Waals surface area contributed by atoms with Gasteiger partial charge in [-0.15, -0.1) is 0 Å². The fraction of sp³-hybridized carbons (Fsp3) is 0.310. The number of methoxy groups -OCH3 is 1. The molecule has 4 rings (SSSR count). The van der Waals surface area contributed by atoms with Gasteiger partial charge < -0.3 is 35.4 Å². The van der Waals surface area contributed by atoms with Crippen molar-refractivity contribution >= 4 is 40.2 Å². The summed E-state index contributed by atoms with van der Waals surface area (Å²) in [6.45, 7) is 1.80. The number of carbonyl (C=O) groups is 4. The minimum atomic E-state index is -0.996. The van der Waals surface area contributed by atoms with Gasteiger partial charge in [-0.25, -0.2) is 0 Å². The molecule has 0 saturated carbocycles. The Morgan fingerprint density at radius 3 is 2.65 bits per heavy atom. The summed E-state index contributed by atoms with van der Waals surface area (Å²) in [5.41, 5.74) is 1.64. The van der Waals surface area contributed by atoms with Crippen LogP contribution in [0.3, 0.4) is 0 Å². The van der Waals surface area contributed by atoms with Gasteiger partial charge >= 0.3 is 5.97 Å². The Morgan fingerprint density at radius 2 is 1.93 bits per heavy atom. The number of hydrogen-bond acceptors (Lipinski definition) is 7. The van der Waals surface area contributed by atoms with Gasteiger partial charge in [0.1, 0.15) is 24.1 Å². The van der Waals surface area contributed by atoms with E-state index in [1.54, 1.807) is 68.4 Å². The molecule has 0 saturated heterocycles. The van der Waals surface area contributed by atoms with Crippen molar-refractivity contribution in [2.75, 3.05) is 32.2 Å². The van der Waals surface area contributed by atoms with Crippen molar-refractivity contribution in [3.8, 4) is 11.5 Å². The van der Waals surface area contributed by atoms with E-state index in [0.29, 0.717) is 28.3 Å². The highest BCUT2D eigenvalue weighted by molar-refractivity contribution is 6.03. The minimum absolute atomic E-state index is 0.0173. The predicted octanol–water partition coefficient (Wildman–Crippen LogP) is 2.07. The molecule has 2 unspecified atom stereocenters. The molecule has 1 heterocycles. The molecule has 1 aliphatic rings. The highest BCUT2D eigenvalue weighted by atomic mass is 16.5. The van der Waals surface area contributed by atoms with Crippen LogP contribution in [0.5, 0.6) is 11.5 Å². The van der Waals surface area contributed by atoms with Crippen LogP contribution >= 0.6 is 0 Å². The largest absolute Gasteiger partial charge is 0.496 e. The van der Waals surface area contributed by atoms with Gasteiger partial charge in [-0.2, -0.15) is 0 Å². The number of rotatable bonds is 10. The van der Waals surface area contributed by atoms with E-state index in [2.05, 4.69) is 16.0 Å². The lowest BCUT2D eigenvalue weighted by Crippen LogP contribution is -2.53. The molecule has 3 aromatic rings. The zero-order chi connectivity index (χ0) is 28.8. The van der Waals surface area contributed by atoms with Crippen LogP contribution < -0.4 is 30.3 Å². The van der Waals surface area contributed by atoms with E-state index < -0.39 is 18.1 Å². The average molecular weight is 549 g/mol. The number of fused-ring (bicyclic) bond motifs is 2. The highest BCUT2D eigenvalue weighted by Gasteiger charge is 2.34. The number of anilines is 1. The normalized spacial score (nSPS) is 15.4. The first kappa shape index (κ1) is 28.4. The van der Waals surface area contributed by atoms with E-state index in [-0.39, 0.29) is 43.8 Å². The summed E-state index contributed by atoms with van der Waals surface area (Å²) in [6, 6.07) is 14.5. The Labute approximate surface area is 231 Å². The number of carboxylic acids is 1. The van der Waals surface area contributed by atoms with E-state index in [1.807, 2.05) is 12.1 Å². The maximum atomic E-state index is 13.9. The monoisotopic (exact) mass is 548 g/mol. The molecule has 1 aliphatic heterocycles. The molecule has 2 atom stereocenters. The molecule has 0 aromatic heterocycles. The molecule has 0 aliphatic carbocycles. The summed E-state index contributed by atoms with van der Waals surface area (Å²) < 4.78 is 11.6. The zero-order valence-electron chi connectivity index (χ0n) is 22.5. The van der Waals surface area contributed by atoms with Crippen LogP contribution in [0, 0.1) is 0 Å². The third-order valence-corrected chi connectivity index (χ3v) is 6.78. The average Bonchev–Trinajstić information content (AvgIpc) is 3.08. The lowest BCUT2D eigenvalue weighted by molar-refractivity contribution is -0.136. The molecule has 0 fully saturated rings. The summed E-state index contributed by atoms with van der Waals surface area (Å²) in [4.78, 5) is 51.4. The first-order chi connectivity index (χ1) is 19.2. The quantitative estimate of drug-likeness (QED) is 0.301. The second-order valence-electron chi connectivity index (χ2n) is 9.36. The van der Waals surface area contributed by atoms with Crippen molar-refractivity contribution in [1.29, 1.82) is 0 Å². The third kappa shape index (κ3) is 6.15. The Kier molecular flexibility index (Phi) is 8.85. The maximum Gasteiger partial charge on any atom is 0.305 e. The molecule has 0 radical (unpaired) electrons. The number of nitrogens with one attached hydrogen (secondary N) is 3. The minimum Gasteiger partial charge on any atom is -0.496 e. The number of carbonyl (C=O) groups excluding carboxylic acids is 3. The predicted molar refractivity (Wildman–Crippen MR) is 149 cm³/mol. The van der Waals surface area contributed by atoms with Crippen LogP contribution in [0.2, 0.25) is 0 Å². The van der Waals surface area contributed by atoms with E-state index >= 15 is 0 Å². The van der Waals surface area contributed by atoms with Crippen LogP contribution in [0.1, 0.15) is 29.3 Å². The standard InChI is InChI=1S/C29H32N4O7/c1-17(30-2)27(36)32-22-16-40-25-7-5-4-6-23(25)33(29(22)38)15-21-20-10-8-19(28(37)31-13-12-26(34)35)14-18(20)9-11-24(21)39-3/h4-11,14,17,22,30H,12-13,15-16H2,1-3H3,(H,31,37)(H,32,36)(H,34,35). The molecule has 0 bridgehead atoms. The maximum absolute atomic E-state index is 13.9. The van der Waals surface area contributed by atoms with E-state index in [9.17, 15) is 19.2 Å². The van der Waals surface area contributed by atoms with Gasteiger partial charge in [0.2, 0.25) is 5.91 Å². The number of likely N-dealkylation sites (N-methyl/N-ethyl adjacent to an activating group) is 1. The van der Waals surface area contributed by atoms with Crippen LogP contribution in [-0.2, 0) is 20.9 Å². The van der Waals surface area contributed by atoms with Crippen molar-refractivity contribution in [2.45, 2.75) is 32.0 Å². The Bertz CT molecular complexity index is 1440. The van der Waals surface area contributed by atoms with Gasteiger partial charge in [0.25, 0.3) is 11.8 Å². The van der Waals surface area contributed by atoms with Gasteiger partial charge in [-0.1, -0.05) is 24.3 Å². The molecular formula is C29H32N4O7. The molecule has 3 aromatic carbocycles.